The van der Waals surface area contributed by atoms with Gasteiger partial charge in [-0.2, -0.15) is 0 Å². The molecule has 1 heterocycles. The summed E-state index contributed by atoms with van der Waals surface area (Å²) in [7, 11) is 0. The van der Waals surface area contributed by atoms with Crippen LogP contribution in [0.1, 0.15) is 159 Å². The quantitative estimate of drug-likeness (QED) is 0.190. The zero-order valence-electron chi connectivity index (χ0n) is 22.2. The lowest BCUT2D eigenvalue weighted by molar-refractivity contribution is 0.475. The number of aryl methyl sites for hydroxylation is 1. The maximum absolute atomic E-state index is 6.26. The molecule has 1 nitrogen and oxygen atoms in total. The Morgan fingerprint density at radius 1 is 0.735 bits per heavy atom. The average Bonchev–Trinajstić information content (AvgIpc) is 3.22. The number of halogens is 1. The van der Waals surface area contributed by atoms with E-state index >= 15 is 0 Å². The summed E-state index contributed by atoms with van der Waals surface area (Å²) in [5.74, 6) is 0.732. The molecule has 0 saturated carbocycles. The number of aromatic amines is 1. The van der Waals surface area contributed by atoms with Gasteiger partial charge < -0.3 is 4.98 Å². The number of unbranched alkanes of at least 4 members (excludes halogenated alkanes) is 17. The molecule has 3 rings (SSSR count). The maximum Gasteiger partial charge on any atom is 0.0460 e. The van der Waals surface area contributed by atoms with Crippen LogP contribution in [0, 0.1) is 0 Å². The summed E-state index contributed by atoms with van der Waals surface area (Å²) < 4.78 is 0. The van der Waals surface area contributed by atoms with Gasteiger partial charge in [-0.3, -0.25) is 0 Å². The summed E-state index contributed by atoms with van der Waals surface area (Å²) in [5, 5.41) is 2.23. The van der Waals surface area contributed by atoms with Crippen LogP contribution >= 0.6 is 11.6 Å². The normalized spacial score (nSPS) is 15.8. The molecule has 34 heavy (non-hydrogen) atoms. The molecule has 0 aliphatic heterocycles. The Bertz CT molecular complexity index is 792. The number of fused-ring (bicyclic) bond motifs is 3. The van der Waals surface area contributed by atoms with Crippen molar-refractivity contribution in [1.29, 1.82) is 0 Å². The van der Waals surface area contributed by atoms with E-state index in [0.29, 0.717) is 0 Å². The number of rotatable bonds is 19. The van der Waals surface area contributed by atoms with E-state index < -0.39 is 0 Å². The van der Waals surface area contributed by atoms with Crippen molar-refractivity contribution in [1.82, 2.24) is 4.98 Å². The van der Waals surface area contributed by atoms with E-state index in [9.17, 15) is 0 Å². The molecule has 0 bridgehead atoms. The first-order chi connectivity index (χ1) is 16.8. The third-order valence-corrected chi connectivity index (χ3v) is 8.43. The van der Waals surface area contributed by atoms with E-state index in [2.05, 4.69) is 24.0 Å². The smallest absolute Gasteiger partial charge is 0.0460 e. The lowest BCUT2D eigenvalue weighted by Gasteiger charge is -2.22. The first kappa shape index (κ1) is 27.6. The SMILES string of the molecule is CCCCCCCCCCCCCCCCCCCCC1CCCc2c1[nH]c1ccc(Cl)cc21. The third-order valence-electron chi connectivity index (χ3n) is 8.19. The number of H-pyrrole nitrogens is 1. The molecule has 192 valence electrons. The zero-order chi connectivity index (χ0) is 23.8. The van der Waals surface area contributed by atoms with Crippen molar-refractivity contribution >= 4 is 22.5 Å². The van der Waals surface area contributed by atoms with Gasteiger partial charge in [0.1, 0.15) is 0 Å². The van der Waals surface area contributed by atoms with Crippen LogP contribution < -0.4 is 0 Å². The Morgan fingerprint density at radius 3 is 1.82 bits per heavy atom. The summed E-state index contributed by atoms with van der Waals surface area (Å²) in [6.07, 6.45) is 31.3. The summed E-state index contributed by atoms with van der Waals surface area (Å²) in [4.78, 5) is 3.74. The molecule has 2 heteroatoms. The van der Waals surface area contributed by atoms with Crippen molar-refractivity contribution < 1.29 is 0 Å². The summed E-state index contributed by atoms with van der Waals surface area (Å²) in [5.41, 5.74) is 4.35. The Labute approximate surface area is 215 Å². The van der Waals surface area contributed by atoms with Gasteiger partial charge >= 0.3 is 0 Å². The molecule has 0 fully saturated rings. The van der Waals surface area contributed by atoms with E-state index in [1.54, 1.807) is 5.56 Å². The molecular weight excluding hydrogens is 434 g/mol. The average molecular weight is 486 g/mol. The van der Waals surface area contributed by atoms with Gasteiger partial charge in [0.2, 0.25) is 0 Å². The Morgan fingerprint density at radius 2 is 1.26 bits per heavy atom. The minimum atomic E-state index is 0.732. The van der Waals surface area contributed by atoms with Gasteiger partial charge in [0.15, 0.2) is 0 Å². The summed E-state index contributed by atoms with van der Waals surface area (Å²) in [6.45, 7) is 2.30. The largest absolute Gasteiger partial charge is 0.358 e. The van der Waals surface area contributed by atoms with Gasteiger partial charge in [-0.25, -0.2) is 0 Å². The highest BCUT2D eigenvalue weighted by Gasteiger charge is 2.23. The number of nitrogens with one attached hydrogen (secondary N) is 1. The predicted octanol–water partition coefficient (Wildman–Crippen LogP) is 11.7. The monoisotopic (exact) mass is 485 g/mol. The van der Waals surface area contributed by atoms with Crippen LogP contribution in [0.4, 0.5) is 0 Å². The molecule has 1 aromatic heterocycles. The van der Waals surface area contributed by atoms with Crippen molar-refractivity contribution in [2.45, 2.75) is 154 Å². The second-order valence-corrected chi connectivity index (χ2v) is 11.5. The fourth-order valence-corrected chi connectivity index (χ4v) is 6.28. The second-order valence-electron chi connectivity index (χ2n) is 11.1. The Hall–Kier alpha value is -0.950. The van der Waals surface area contributed by atoms with Crippen LogP contribution in [0.25, 0.3) is 10.9 Å². The Balaban J connectivity index is 1.14. The molecule has 2 aromatic rings. The predicted molar refractivity (Wildman–Crippen MR) is 152 cm³/mol. The van der Waals surface area contributed by atoms with Crippen LogP contribution in [0.15, 0.2) is 18.2 Å². The summed E-state index contributed by atoms with van der Waals surface area (Å²) in [6, 6.07) is 6.33. The number of hydrogen-bond donors (Lipinski definition) is 1. The molecule has 1 aliphatic rings. The van der Waals surface area contributed by atoms with Gasteiger partial charge in [0.25, 0.3) is 0 Å². The minimum absolute atomic E-state index is 0.732. The number of hydrogen-bond acceptors (Lipinski definition) is 0. The fourth-order valence-electron chi connectivity index (χ4n) is 6.11. The van der Waals surface area contributed by atoms with Gasteiger partial charge in [0, 0.05) is 21.6 Å². The number of aromatic nitrogens is 1. The highest BCUT2D eigenvalue weighted by molar-refractivity contribution is 6.31. The lowest BCUT2D eigenvalue weighted by Crippen LogP contribution is -2.09. The molecule has 1 aromatic carbocycles. The van der Waals surface area contributed by atoms with Gasteiger partial charge in [-0.05, 0) is 55.4 Å². The number of benzene rings is 1. The van der Waals surface area contributed by atoms with Crippen LogP contribution in [0.2, 0.25) is 5.02 Å². The molecule has 0 amide bonds. The molecule has 1 N–H and O–H groups in total. The van der Waals surface area contributed by atoms with Gasteiger partial charge in [0.05, 0.1) is 0 Å². The van der Waals surface area contributed by atoms with Crippen molar-refractivity contribution in [3.8, 4) is 0 Å². The van der Waals surface area contributed by atoms with E-state index in [0.717, 1.165) is 10.9 Å². The molecule has 1 atom stereocenters. The second kappa shape index (κ2) is 16.7. The van der Waals surface area contributed by atoms with Crippen molar-refractivity contribution in [2.24, 2.45) is 0 Å². The first-order valence-corrected chi connectivity index (χ1v) is 15.5. The van der Waals surface area contributed by atoms with Crippen LogP contribution in [0.5, 0.6) is 0 Å². The van der Waals surface area contributed by atoms with E-state index in [4.69, 9.17) is 11.6 Å². The van der Waals surface area contributed by atoms with E-state index in [1.807, 2.05) is 6.07 Å². The topological polar surface area (TPSA) is 15.8 Å². The maximum atomic E-state index is 6.26. The molecule has 0 spiro atoms. The van der Waals surface area contributed by atoms with Crippen LogP contribution in [0.3, 0.4) is 0 Å². The summed E-state index contributed by atoms with van der Waals surface area (Å²) >= 11 is 6.26. The molecule has 0 saturated heterocycles. The Kier molecular flexibility index (Phi) is 13.6. The molecule has 1 aliphatic carbocycles. The first-order valence-electron chi connectivity index (χ1n) is 15.1. The van der Waals surface area contributed by atoms with E-state index in [-0.39, 0.29) is 0 Å². The van der Waals surface area contributed by atoms with Crippen molar-refractivity contribution in [2.75, 3.05) is 0 Å². The molecule has 1 unspecified atom stereocenters. The minimum Gasteiger partial charge on any atom is -0.358 e. The van der Waals surface area contributed by atoms with Crippen molar-refractivity contribution in [3.05, 3.63) is 34.5 Å². The standard InChI is InChI=1S/C32H52ClN/c1-2-3-4-5-6-7-8-9-10-11-12-13-14-15-16-17-18-19-21-27-22-20-23-29-30-26-28(33)24-25-31(30)34-32(27)29/h24-27,34H,2-23H2,1H3. The van der Waals surface area contributed by atoms with Gasteiger partial charge in [-0.15, -0.1) is 0 Å². The highest BCUT2D eigenvalue weighted by Crippen LogP contribution is 2.39. The van der Waals surface area contributed by atoms with Crippen molar-refractivity contribution in [3.63, 3.8) is 0 Å². The lowest BCUT2D eigenvalue weighted by atomic mass is 9.83. The highest BCUT2D eigenvalue weighted by atomic mass is 35.5. The van der Waals surface area contributed by atoms with Gasteiger partial charge in [-0.1, -0.05) is 134 Å². The molecular formula is C32H52ClN. The zero-order valence-corrected chi connectivity index (χ0v) is 23.0. The molecule has 0 radical (unpaired) electrons. The fraction of sp³-hybridized carbons (Fsp3) is 0.750. The van der Waals surface area contributed by atoms with E-state index in [1.165, 1.54) is 158 Å². The van der Waals surface area contributed by atoms with Crippen LogP contribution in [-0.2, 0) is 6.42 Å². The third kappa shape index (κ3) is 9.60. The van der Waals surface area contributed by atoms with Crippen LogP contribution in [-0.4, -0.2) is 4.98 Å².